The van der Waals surface area contributed by atoms with E-state index < -0.39 is 5.82 Å². The van der Waals surface area contributed by atoms with E-state index in [1.165, 1.54) is 12.1 Å². The molecule has 4 nitrogen and oxygen atoms in total. The van der Waals surface area contributed by atoms with Crippen LogP contribution >= 0.6 is 11.6 Å². The van der Waals surface area contributed by atoms with Gasteiger partial charge in [-0.2, -0.15) is 0 Å². The van der Waals surface area contributed by atoms with Crippen molar-refractivity contribution in [1.29, 1.82) is 0 Å². The standard InChI is InChI=1S/C20H22ClFN2O2/c1-24(2)12-14-5-3-4-6-15(14)20(25)23-18-9-10-26-19(18)13-7-8-16(21)17(22)11-13/h3-8,11,18-19H,9-10,12H2,1-2H3,(H,23,25)/t18-,19+/m1/s1. The van der Waals surface area contributed by atoms with E-state index in [4.69, 9.17) is 16.3 Å². The second-order valence-corrected chi connectivity index (χ2v) is 7.14. The highest BCUT2D eigenvalue weighted by molar-refractivity contribution is 6.30. The maximum absolute atomic E-state index is 13.8. The molecule has 26 heavy (non-hydrogen) atoms. The number of rotatable bonds is 5. The van der Waals surface area contributed by atoms with Gasteiger partial charge in [-0.25, -0.2) is 4.39 Å². The van der Waals surface area contributed by atoms with Crippen molar-refractivity contribution in [3.63, 3.8) is 0 Å². The maximum Gasteiger partial charge on any atom is 0.251 e. The summed E-state index contributed by atoms with van der Waals surface area (Å²) in [7, 11) is 3.93. The number of nitrogens with one attached hydrogen (secondary N) is 1. The number of amides is 1. The SMILES string of the molecule is CN(C)Cc1ccccc1C(=O)N[C@@H]1CCO[C@H]1c1ccc(Cl)c(F)c1. The zero-order valence-corrected chi connectivity index (χ0v) is 15.6. The molecule has 2 aromatic carbocycles. The summed E-state index contributed by atoms with van der Waals surface area (Å²) in [6.45, 7) is 1.19. The first-order valence-electron chi connectivity index (χ1n) is 8.55. The lowest BCUT2D eigenvalue weighted by Gasteiger charge is -2.21. The van der Waals surface area contributed by atoms with Crippen LogP contribution < -0.4 is 5.32 Å². The number of carbonyl (C=O) groups is 1. The van der Waals surface area contributed by atoms with Gasteiger partial charge in [0.15, 0.2) is 0 Å². The molecule has 3 rings (SSSR count). The van der Waals surface area contributed by atoms with E-state index in [2.05, 4.69) is 5.32 Å². The fraction of sp³-hybridized carbons (Fsp3) is 0.350. The largest absolute Gasteiger partial charge is 0.371 e. The minimum absolute atomic E-state index is 0.0740. The van der Waals surface area contributed by atoms with Crippen LogP contribution in [-0.4, -0.2) is 37.6 Å². The molecule has 0 unspecified atom stereocenters. The topological polar surface area (TPSA) is 41.6 Å². The Kier molecular flexibility index (Phi) is 5.91. The molecule has 0 radical (unpaired) electrons. The minimum atomic E-state index is -0.485. The van der Waals surface area contributed by atoms with Gasteiger partial charge in [-0.3, -0.25) is 4.79 Å². The molecule has 0 aliphatic carbocycles. The van der Waals surface area contributed by atoms with Crippen molar-refractivity contribution in [1.82, 2.24) is 10.2 Å². The first kappa shape index (κ1) is 18.8. The number of carbonyl (C=O) groups excluding carboxylic acids is 1. The van der Waals surface area contributed by atoms with Gasteiger partial charge in [-0.1, -0.05) is 35.9 Å². The molecule has 0 aromatic heterocycles. The van der Waals surface area contributed by atoms with E-state index in [1.54, 1.807) is 6.07 Å². The van der Waals surface area contributed by atoms with Gasteiger partial charge in [0.1, 0.15) is 11.9 Å². The Labute approximate surface area is 157 Å². The first-order valence-corrected chi connectivity index (χ1v) is 8.93. The van der Waals surface area contributed by atoms with Gasteiger partial charge in [0, 0.05) is 18.7 Å². The summed E-state index contributed by atoms with van der Waals surface area (Å²) in [6.07, 6.45) is 0.294. The lowest BCUT2D eigenvalue weighted by molar-refractivity contribution is 0.0819. The first-order chi connectivity index (χ1) is 12.5. The average molecular weight is 377 g/mol. The zero-order chi connectivity index (χ0) is 18.7. The molecule has 1 saturated heterocycles. The van der Waals surface area contributed by atoms with Crippen LogP contribution in [0.2, 0.25) is 5.02 Å². The van der Waals surface area contributed by atoms with Crippen LogP contribution in [0, 0.1) is 5.82 Å². The van der Waals surface area contributed by atoms with Crippen LogP contribution in [0.5, 0.6) is 0 Å². The van der Waals surface area contributed by atoms with Crippen LogP contribution in [0.1, 0.15) is 34.0 Å². The molecule has 2 atom stereocenters. The van der Waals surface area contributed by atoms with Crippen molar-refractivity contribution in [2.24, 2.45) is 0 Å². The van der Waals surface area contributed by atoms with Gasteiger partial charge in [0.2, 0.25) is 0 Å². The second kappa shape index (κ2) is 8.16. The Bertz CT molecular complexity index is 797. The minimum Gasteiger partial charge on any atom is -0.371 e. The van der Waals surface area contributed by atoms with E-state index in [9.17, 15) is 9.18 Å². The summed E-state index contributed by atoms with van der Waals surface area (Å²) in [5.41, 5.74) is 2.29. The quantitative estimate of drug-likeness (QED) is 0.863. The maximum atomic E-state index is 13.8. The zero-order valence-electron chi connectivity index (χ0n) is 14.8. The molecule has 0 spiro atoms. The fourth-order valence-electron chi connectivity index (χ4n) is 3.22. The Morgan fingerprint density at radius 2 is 2.08 bits per heavy atom. The highest BCUT2D eigenvalue weighted by atomic mass is 35.5. The van der Waals surface area contributed by atoms with E-state index in [-0.39, 0.29) is 23.1 Å². The molecular weight excluding hydrogens is 355 g/mol. The van der Waals surface area contributed by atoms with E-state index in [0.29, 0.717) is 30.7 Å². The van der Waals surface area contributed by atoms with Crippen molar-refractivity contribution < 1.29 is 13.9 Å². The molecule has 6 heteroatoms. The van der Waals surface area contributed by atoms with Crippen LogP contribution in [0.3, 0.4) is 0 Å². The predicted octanol–water partition coefficient (Wildman–Crippen LogP) is 3.80. The molecule has 2 aromatic rings. The monoisotopic (exact) mass is 376 g/mol. The third-order valence-corrected chi connectivity index (χ3v) is 4.74. The number of hydrogen-bond acceptors (Lipinski definition) is 3. The van der Waals surface area contributed by atoms with Crippen molar-refractivity contribution in [2.45, 2.75) is 25.1 Å². The van der Waals surface area contributed by atoms with Crippen molar-refractivity contribution in [3.05, 3.63) is 70.0 Å². The number of ether oxygens (including phenoxy) is 1. The Balaban J connectivity index is 1.77. The van der Waals surface area contributed by atoms with Crippen LogP contribution in [0.15, 0.2) is 42.5 Å². The van der Waals surface area contributed by atoms with E-state index >= 15 is 0 Å². The molecule has 0 bridgehead atoms. The Morgan fingerprint density at radius 1 is 1.31 bits per heavy atom. The third kappa shape index (κ3) is 4.23. The molecule has 1 fully saturated rings. The van der Waals surface area contributed by atoms with Gasteiger partial charge >= 0.3 is 0 Å². The van der Waals surface area contributed by atoms with Crippen LogP contribution in [-0.2, 0) is 11.3 Å². The molecule has 0 saturated carbocycles. The normalized spacial score (nSPS) is 19.7. The molecule has 1 amide bonds. The molecule has 1 aliphatic heterocycles. The molecular formula is C20H22ClFN2O2. The molecule has 1 heterocycles. The summed E-state index contributed by atoms with van der Waals surface area (Å²) < 4.78 is 19.5. The Morgan fingerprint density at radius 3 is 2.81 bits per heavy atom. The lowest BCUT2D eigenvalue weighted by atomic mass is 10.0. The predicted molar refractivity (Wildman–Crippen MR) is 99.8 cm³/mol. The Hall–Kier alpha value is -1.95. The van der Waals surface area contributed by atoms with Gasteiger partial charge in [0.25, 0.3) is 5.91 Å². The van der Waals surface area contributed by atoms with E-state index in [1.807, 2.05) is 43.3 Å². The van der Waals surface area contributed by atoms with Gasteiger partial charge < -0.3 is 15.0 Å². The number of benzene rings is 2. The number of nitrogens with zero attached hydrogens (tertiary/aromatic N) is 1. The smallest absolute Gasteiger partial charge is 0.251 e. The molecule has 1 N–H and O–H groups in total. The highest BCUT2D eigenvalue weighted by Crippen LogP contribution is 2.31. The van der Waals surface area contributed by atoms with Gasteiger partial charge in [-0.15, -0.1) is 0 Å². The number of halogens is 2. The highest BCUT2D eigenvalue weighted by Gasteiger charge is 2.32. The van der Waals surface area contributed by atoms with E-state index in [0.717, 1.165) is 5.56 Å². The molecule has 1 aliphatic rings. The van der Waals surface area contributed by atoms with Crippen molar-refractivity contribution in [2.75, 3.05) is 20.7 Å². The summed E-state index contributed by atoms with van der Waals surface area (Å²) >= 11 is 5.76. The summed E-state index contributed by atoms with van der Waals surface area (Å²) in [5, 5.41) is 3.13. The lowest BCUT2D eigenvalue weighted by Crippen LogP contribution is -2.37. The molecule has 138 valence electrons. The van der Waals surface area contributed by atoms with Crippen molar-refractivity contribution in [3.8, 4) is 0 Å². The van der Waals surface area contributed by atoms with Gasteiger partial charge in [0.05, 0.1) is 11.1 Å². The average Bonchev–Trinajstić information content (AvgIpc) is 3.05. The van der Waals surface area contributed by atoms with Gasteiger partial charge in [-0.05, 0) is 49.8 Å². The van der Waals surface area contributed by atoms with Crippen molar-refractivity contribution >= 4 is 17.5 Å². The fourth-order valence-corrected chi connectivity index (χ4v) is 3.34. The number of hydrogen-bond donors (Lipinski definition) is 1. The summed E-state index contributed by atoms with van der Waals surface area (Å²) in [6, 6.07) is 12.0. The summed E-state index contributed by atoms with van der Waals surface area (Å²) in [4.78, 5) is 14.8. The summed E-state index contributed by atoms with van der Waals surface area (Å²) in [5.74, 6) is -0.626. The van der Waals surface area contributed by atoms with Crippen LogP contribution in [0.4, 0.5) is 4.39 Å². The van der Waals surface area contributed by atoms with Crippen LogP contribution in [0.25, 0.3) is 0 Å². The second-order valence-electron chi connectivity index (χ2n) is 6.73. The third-order valence-electron chi connectivity index (χ3n) is 4.43.